The summed E-state index contributed by atoms with van der Waals surface area (Å²) in [6.07, 6.45) is 0.852. The molecule has 1 aliphatic heterocycles. The standard InChI is InChI=1S/C17H22N2O6/c1-11(2)5-6-18-15(20)9-23-16(21)8-19-17(22)12-3-4-13-14(7-12)25-10-24-13/h3-4,7,11H,5-6,8-10H2,1-2H3,(H,18,20)(H,19,22). The number of carbonyl (C=O) groups excluding carboxylic acids is 3. The Balaban J connectivity index is 1.67. The van der Waals surface area contributed by atoms with Gasteiger partial charge in [0.1, 0.15) is 6.54 Å². The molecular weight excluding hydrogens is 328 g/mol. The van der Waals surface area contributed by atoms with Gasteiger partial charge in [-0.2, -0.15) is 0 Å². The lowest BCUT2D eigenvalue weighted by Crippen LogP contribution is -2.34. The first-order valence-corrected chi connectivity index (χ1v) is 8.06. The van der Waals surface area contributed by atoms with Crippen molar-refractivity contribution in [2.45, 2.75) is 20.3 Å². The van der Waals surface area contributed by atoms with E-state index in [4.69, 9.17) is 14.2 Å². The van der Waals surface area contributed by atoms with Crippen LogP contribution in [-0.4, -0.2) is 44.3 Å². The van der Waals surface area contributed by atoms with Crippen molar-refractivity contribution < 1.29 is 28.6 Å². The molecule has 0 spiro atoms. The number of esters is 1. The van der Waals surface area contributed by atoms with Crippen LogP contribution in [0.25, 0.3) is 0 Å². The van der Waals surface area contributed by atoms with E-state index in [-0.39, 0.29) is 25.9 Å². The molecule has 1 aromatic carbocycles. The summed E-state index contributed by atoms with van der Waals surface area (Å²) in [5.41, 5.74) is 0.337. The van der Waals surface area contributed by atoms with Crippen molar-refractivity contribution >= 4 is 17.8 Å². The fourth-order valence-corrected chi connectivity index (χ4v) is 2.04. The summed E-state index contributed by atoms with van der Waals surface area (Å²) in [4.78, 5) is 35.1. The molecule has 2 amide bonds. The monoisotopic (exact) mass is 350 g/mol. The van der Waals surface area contributed by atoms with Crippen LogP contribution in [0.2, 0.25) is 0 Å². The van der Waals surface area contributed by atoms with Gasteiger partial charge in [-0.1, -0.05) is 13.8 Å². The van der Waals surface area contributed by atoms with Crippen LogP contribution in [0.15, 0.2) is 18.2 Å². The van der Waals surface area contributed by atoms with E-state index < -0.39 is 11.9 Å². The zero-order valence-corrected chi connectivity index (χ0v) is 14.3. The molecule has 25 heavy (non-hydrogen) atoms. The predicted octanol–water partition coefficient (Wildman–Crippen LogP) is 0.851. The van der Waals surface area contributed by atoms with Crippen LogP contribution in [0.5, 0.6) is 11.5 Å². The van der Waals surface area contributed by atoms with Gasteiger partial charge in [-0.25, -0.2) is 0 Å². The highest BCUT2D eigenvalue weighted by Crippen LogP contribution is 2.32. The van der Waals surface area contributed by atoms with Crippen LogP contribution in [0, 0.1) is 5.92 Å². The van der Waals surface area contributed by atoms with E-state index >= 15 is 0 Å². The first kappa shape index (κ1) is 18.6. The molecule has 8 heteroatoms. The number of benzene rings is 1. The predicted molar refractivity (Wildman–Crippen MR) is 88.3 cm³/mol. The Morgan fingerprint density at radius 3 is 2.68 bits per heavy atom. The maximum absolute atomic E-state index is 12.0. The van der Waals surface area contributed by atoms with E-state index in [0.29, 0.717) is 29.5 Å². The lowest BCUT2D eigenvalue weighted by atomic mass is 10.1. The topological polar surface area (TPSA) is 103 Å². The van der Waals surface area contributed by atoms with Gasteiger partial charge in [-0.15, -0.1) is 0 Å². The molecule has 1 aromatic rings. The molecule has 0 bridgehead atoms. The average molecular weight is 350 g/mol. The van der Waals surface area contributed by atoms with Crippen molar-refractivity contribution in [2.24, 2.45) is 5.92 Å². The molecule has 0 saturated carbocycles. The number of hydrogen-bond donors (Lipinski definition) is 2. The summed E-state index contributed by atoms with van der Waals surface area (Å²) in [6.45, 7) is 4.06. The van der Waals surface area contributed by atoms with Gasteiger partial charge >= 0.3 is 5.97 Å². The Morgan fingerprint density at radius 1 is 1.16 bits per heavy atom. The van der Waals surface area contributed by atoms with Gasteiger partial charge in [-0.05, 0) is 30.5 Å². The largest absolute Gasteiger partial charge is 0.454 e. The van der Waals surface area contributed by atoms with Crippen LogP contribution >= 0.6 is 0 Å². The normalized spacial score (nSPS) is 12.0. The maximum Gasteiger partial charge on any atom is 0.325 e. The van der Waals surface area contributed by atoms with Crippen molar-refractivity contribution in [1.82, 2.24) is 10.6 Å². The molecule has 0 aromatic heterocycles. The number of rotatable bonds is 8. The molecule has 0 aliphatic carbocycles. The Kier molecular flexibility index (Phi) is 6.62. The van der Waals surface area contributed by atoms with Crippen molar-refractivity contribution in [3.8, 4) is 11.5 Å². The van der Waals surface area contributed by atoms with E-state index in [9.17, 15) is 14.4 Å². The first-order chi connectivity index (χ1) is 12.0. The Hall–Kier alpha value is -2.77. The first-order valence-electron chi connectivity index (χ1n) is 8.06. The van der Waals surface area contributed by atoms with Gasteiger partial charge in [-0.3, -0.25) is 14.4 Å². The zero-order valence-electron chi connectivity index (χ0n) is 14.3. The van der Waals surface area contributed by atoms with Gasteiger partial charge in [0.2, 0.25) is 6.79 Å². The highest BCUT2D eigenvalue weighted by atomic mass is 16.7. The van der Waals surface area contributed by atoms with Crippen molar-refractivity contribution in [2.75, 3.05) is 26.5 Å². The quantitative estimate of drug-likeness (QED) is 0.674. The van der Waals surface area contributed by atoms with E-state index in [0.717, 1.165) is 6.42 Å². The summed E-state index contributed by atoms with van der Waals surface area (Å²) in [5.74, 6) is 0.0304. The molecule has 0 radical (unpaired) electrons. The summed E-state index contributed by atoms with van der Waals surface area (Å²) < 4.78 is 15.2. The lowest BCUT2D eigenvalue weighted by molar-refractivity contribution is -0.147. The van der Waals surface area contributed by atoms with Crippen molar-refractivity contribution in [1.29, 1.82) is 0 Å². The van der Waals surface area contributed by atoms with Gasteiger partial charge < -0.3 is 24.8 Å². The summed E-state index contributed by atoms with van der Waals surface area (Å²) in [5, 5.41) is 5.08. The molecule has 2 N–H and O–H groups in total. The van der Waals surface area contributed by atoms with Gasteiger partial charge in [0.25, 0.3) is 11.8 Å². The second-order valence-corrected chi connectivity index (χ2v) is 5.94. The van der Waals surface area contributed by atoms with Crippen molar-refractivity contribution in [3.63, 3.8) is 0 Å². The summed E-state index contributed by atoms with van der Waals surface area (Å²) in [6, 6.07) is 4.72. The van der Waals surface area contributed by atoms with Crippen LogP contribution < -0.4 is 20.1 Å². The molecule has 2 rings (SSSR count). The SMILES string of the molecule is CC(C)CCNC(=O)COC(=O)CNC(=O)c1ccc2c(c1)OCO2. The van der Waals surface area contributed by atoms with Crippen LogP contribution in [-0.2, 0) is 14.3 Å². The van der Waals surface area contributed by atoms with Gasteiger partial charge in [0.05, 0.1) is 0 Å². The van der Waals surface area contributed by atoms with Crippen molar-refractivity contribution in [3.05, 3.63) is 23.8 Å². The minimum absolute atomic E-state index is 0.117. The third kappa shape index (κ3) is 5.98. The molecule has 0 atom stereocenters. The molecule has 8 nitrogen and oxygen atoms in total. The Bertz CT molecular complexity index is 644. The van der Waals surface area contributed by atoms with Crippen LogP contribution in [0.4, 0.5) is 0 Å². The lowest BCUT2D eigenvalue weighted by Gasteiger charge is -2.09. The minimum atomic E-state index is -0.687. The van der Waals surface area contributed by atoms with E-state index in [1.165, 1.54) is 6.07 Å². The van der Waals surface area contributed by atoms with Gasteiger partial charge in [0, 0.05) is 12.1 Å². The summed E-state index contributed by atoms with van der Waals surface area (Å²) in [7, 11) is 0. The number of carbonyl (C=O) groups is 3. The van der Waals surface area contributed by atoms with E-state index in [1.807, 2.05) is 0 Å². The maximum atomic E-state index is 12.0. The molecule has 1 heterocycles. The number of amides is 2. The molecular formula is C17H22N2O6. The summed E-state index contributed by atoms with van der Waals surface area (Å²) >= 11 is 0. The highest BCUT2D eigenvalue weighted by Gasteiger charge is 2.17. The molecule has 0 unspecified atom stereocenters. The Labute approximate surface area is 145 Å². The second-order valence-electron chi connectivity index (χ2n) is 5.94. The Morgan fingerprint density at radius 2 is 1.92 bits per heavy atom. The average Bonchev–Trinajstić information content (AvgIpc) is 3.05. The van der Waals surface area contributed by atoms with Crippen LogP contribution in [0.1, 0.15) is 30.6 Å². The minimum Gasteiger partial charge on any atom is -0.454 e. The fraction of sp³-hybridized carbons (Fsp3) is 0.471. The van der Waals surface area contributed by atoms with E-state index in [1.54, 1.807) is 12.1 Å². The van der Waals surface area contributed by atoms with Crippen LogP contribution in [0.3, 0.4) is 0 Å². The number of hydrogen-bond acceptors (Lipinski definition) is 6. The molecule has 0 saturated heterocycles. The fourth-order valence-electron chi connectivity index (χ4n) is 2.04. The smallest absolute Gasteiger partial charge is 0.325 e. The third-order valence-corrected chi connectivity index (χ3v) is 3.44. The zero-order chi connectivity index (χ0) is 18.2. The third-order valence-electron chi connectivity index (χ3n) is 3.44. The number of nitrogens with one attached hydrogen (secondary N) is 2. The highest BCUT2D eigenvalue weighted by molar-refractivity contribution is 5.96. The molecule has 136 valence electrons. The number of ether oxygens (including phenoxy) is 3. The van der Waals surface area contributed by atoms with E-state index in [2.05, 4.69) is 24.5 Å². The molecule has 0 fully saturated rings. The number of fused-ring (bicyclic) bond motifs is 1. The second kappa shape index (κ2) is 8.91. The molecule has 1 aliphatic rings. The van der Waals surface area contributed by atoms with Gasteiger partial charge in [0.15, 0.2) is 18.1 Å².